The van der Waals surface area contributed by atoms with Gasteiger partial charge in [-0.05, 0) is 98.4 Å². The van der Waals surface area contributed by atoms with Crippen LogP contribution in [0.25, 0.3) is 33.3 Å². The molecule has 2 aromatic heterocycles. The highest BCUT2D eigenvalue weighted by molar-refractivity contribution is 5.98. The number of benzene rings is 3. The predicted molar refractivity (Wildman–Crippen MR) is 205 cm³/mol. The van der Waals surface area contributed by atoms with Crippen LogP contribution >= 0.6 is 0 Å². The number of nitrogens with zero attached hydrogens (tertiary/aromatic N) is 5. The number of amides is 3. The van der Waals surface area contributed by atoms with E-state index in [-0.39, 0.29) is 23.7 Å². The summed E-state index contributed by atoms with van der Waals surface area (Å²) in [6.07, 6.45) is 0.730. The second-order valence-corrected chi connectivity index (χ2v) is 14.8. The maximum atomic E-state index is 13.8. The van der Waals surface area contributed by atoms with Gasteiger partial charge in [0, 0.05) is 59.0 Å². The van der Waals surface area contributed by atoms with Crippen LogP contribution in [0.1, 0.15) is 52.0 Å². The highest BCUT2D eigenvalue weighted by Crippen LogP contribution is 2.32. The Bertz CT molecular complexity index is 2140. The molecule has 0 saturated heterocycles. The van der Waals surface area contributed by atoms with E-state index in [0.717, 1.165) is 45.9 Å². The van der Waals surface area contributed by atoms with Gasteiger partial charge in [0.1, 0.15) is 6.04 Å². The van der Waals surface area contributed by atoms with E-state index in [9.17, 15) is 32.7 Å². The number of fused-ring (bicyclic) bond motifs is 1. The molecule has 3 aromatic carbocycles. The van der Waals surface area contributed by atoms with Crippen LogP contribution in [0.2, 0.25) is 0 Å². The summed E-state index contributed by atoms with van der Waals surface area (Å²) in [6, 6.07) is 22.4. The maximum absolute atomic E-state index is 13.8. The lowest BCUT2D eigenvalue weighted by Crippen LogP contribution is -2.49. The van der Waals surface area contributed by atoms with Gasteiger partial charge in [-0.1, -0.05) is 48.5 Å². The summed E-state index contributed by atoms with van der Waals surface area (Å²) in [5.41, 5.74) is 3.74. The number of H-pyrrole nitrogens is 1. The first-order valence-corrected chi connectivity index (χ1v) is 18.2. The Kier molecular flexibility index (Phi) is 13.2. The van der Waals surface area contributed by atoms with Crippen LogP contribution in [0.4, 0.5) is 23.7 Å². The number of tetrazole rings is 1. The van der Waals surface area contributed by atoms with E-state index in [2.05, 4.69) is 42.3 Å². The summed E-state index contributed by atoms with van der Waals surface area (Å²) < 4.78 is 31.7. The van der Waals surface area contributed by atoms with Crippen LogP contribution in [0.15, 0.2) is 85.2 Å². The van der Waals surface area contributed by atoms with Crippen molar-refractivity contribution in [1.82, 2.24) is 35.8 Å². The van der Waals surface area contributed by atoms with E-state index in [0.29, 0.717) is 37.3 Å². The second kappa shape index (κ2) is 18.0. The number of aliphatic carboxylic acids is 1. The molecule has 0 unspecified atom stereocenters. The molecule has 1 aliphatic rings. The molecule has 0 bridgehead atoms. The number of carboxylic acids is 1. The normalized spacial score (nSPS) is 16.1. The molecule has 0 radical (unpaired) electrons. The van der Waals surface area contributed by atoms with Gasteiger partial charge in [-0.2, -0.15) is 18.4 Å². The molecule has 0 spiro atoms. The number of aromatic amines is 1. The number of pyridine rings is 1. The highest BCUT2D eigenvalue weighted by Gasteiger charge is 2.38. The molecule has 3 amide bonds. The largest absolute Gasteiger partial charge is 0.490 e. The number of rotatable bonds is 10. The van der Waals surface area contributed by atoms with Gasteiger partial charge in [0.15, 0.2) is 0 Å². The Balaban J connectivity index is 0.000000811. The van der Waals surface area contributed by atoms with E-state index >= 15 is 0 Å². The van der Waals surface area contributed by atoms with Crippen molar-refractivity contribution in [2.24, 2.45) is 11.8 Å². The first kappa shape index (κ1) is 41.8. The fraction of sp³-hybridized carbons (Fsp3) is 0.350. The van der Waals surface area contributed by atoms with Crippen LogP contribution in [-0.4, -0.2) is 88.9 Å². The average molecular weight is 789 g/mol. The third-order valence-corrected chi connectivity index (χ3v) is 9.70. The molecule has 5 aromatic rings. The quantitative estimate of drug-likeness (QED) is 0.0984. The van der Waals surface area contributed by atoms with Gasteiger partial charge in [0.2, 0.25) is 17.6 Å². The lowest BCUT2D eigenvalue weighted by atomic mass is 9.80. The minimum Gasteiger partial charge on any atom is -0.475 e. The molecule has 1 aliphatic carbocycles. The average Bonchev–Trinajstić information content (AvgIpc) is 3.72. The number of aromatic nitrogens is 5. The topological polar surface area (TPSA) is 203 Å². The lowest BCUT2D eigenvalue weighted by Gasteiger charge is -2.38. The second-order valence-electron chi connectivity index (χ2n) is 14.8. The van der Waals surface area contributed by atoms with E-state index in [1.807, 2.05) is 75.6 Å². The number of hydrogen-bond acceptors (Lipinski definition) is 8. The van der Waals surface area contributed by atoms with Crippen LogP contribution in [0.5, 0.6) is 0 Å². The van der Waals surface area contributed by atoms with Gasteiger partial charge < -0.3 is 25.7 Å². The first-order valence-electron chi connectivity index (χ1n) is 18.2. The Hall–Kier alpha value is -6.39. The van der Waals surface area contributed by atoms with Gasteiger partial charge in [-0.25, -0.2) is 9.59 Å². The maximum Gasteiger partial charge on any atom is 0.490 e. The number of halogens is 3. The van der Waals surface area contributed by atoms with Gasteiger partial charge >= 0.3 is 18.2 Å². The Morgan fingerprint density at radius 3 is 2.09 bits per heavy atom. The first-order chi connectivity index (χ1) is 27.0. The molecule has 1 atom stereocenters. The van der Waals surface area contributed by atoms with Crippen LogP contribution in [0, 0.1) is 11.8 Å². The zero-order valence-electron chi connectivity index (χ0n) is 31.5. The molecular weight excluding hydrogens is 745 g/mol. The lowest BCUT2D eigenvalue weighted by molar-refractivity contribution is -0.192. The summed E-state index contributed by atoms with van der Waals surface area (Å²) >= 11 is 0. The minimum absolute atomic E-state index is 0.166. The molecule has 14 nitrogen and oxygen atoms in total. The molecule has 17 heteroatoms. The van der Waals surface area contributed by atoms with Crippen molar-refractivity contribution in [2.45, 2.75) is 70.6 Å². The molecule has 57 heavy (non-hydrogen) atoms. The fourth-order valence-electron chi connectivity index (χ4n) is 6.62. The standard InChI is InChI=1S/C38H42N8O4.C2HF3O2/c1-38(2,3)46(37(49)50)23-25-10-14-28(15-11-25)35(47)41-33(36(48)40-30-18-16-27(17-19-30)34-42-44-45-43-34)20-24-8-12-26(13-9-24)32-22-39-21-29-6-4-5-7-31(29)32;3-2(4,5)1(6)7/h4-9,12-13,16-19,21-22,25,28,33H,10-11,14-15,20,23H2,1-3H3,(H,40,48)(H,41,47)(H,49,50)(H,42,43,44,45);(H,6,7)/t25?,28?,33-;/m0./s1. The number of nitrogens with one attached hydrogen (secondary N) is 3. The predicted octanol–water partition coefficient (Wildman–Crippen LogP) is 6.97. The number of carboxylic acid groups (broad SMARTS) is 2. The Morgan fingerprint density at radius 1 is 0.877 bits per heavy atom. The number of carbonyl (C=O) groups excluding carboxylic acids is 2. The van der Waals surface area contributed by atoms with Gasteiger partial charge in [-0.15, -0.1) is 10.2 Å². The molecule has 2 heterocycles. The molecule has 1 fully saturated rings. The van der Waals surface area contributed by atoms with E-state index < -0.39 is 29.8 Å². The molecule has 0 aliphatic heterocycles. The molecule has 1 saturated carbocycles. The van der Waals surface area contributed by atoms with Crippen molar-refractivity contribution in [1.29, 1.82) is 0 Å². The van der Waals surface area contributed by atoms with Crippen molar-refractivity contribution >= 4 is 40.3 Å². The van der Waals surface area contributed by atoms with Crippen molar-refractivity contribution < 1.29 is 42.6 Å². The number of carbonyl (C=O) groups is 4. The smallest absolute Gasteiger partial charge is 0.475 e. The van der Waals surface area contributed by atoms with Crippen molar-refractivity contribution in [3.63, 3.8) is 0 Å². The summed E-state index contributed by atoms with van der Waals surface area (Å²) in [6.45, 7) is 6.11. The van der Waals surface area contributed by atoms with Crippen LogP contribution in [-0.2, 0) is 20.8 Å². The Labute approximate surface area is 325 Å². The van der Waals surface area contributed by atoms with E-state index in [1.165, 1.54) is 4.90 Å². The zero-order chi connectivity index (χ0) is 41.3. The zero-order valence-corrected chi connectivity index (χ0v) is 31.5. The number of hydrogen-bond donors (Lipinski definition) is 5. The Morgan fingerprint density at radius 2 is 1.51 bits per heavy atom. The van der Waals surface area contributed by atoms with Crippen molar-refractivity contribution in [3.8, 4) is 22.5 Å². The molecule has 5 N–H and O–H groups in total. The van der Waals surface area contributed by atoms with E-state index in [4.69, 9.17) is 9.90 Å². The van der Waals surface area contributed by atoms with Crippen molar-refractivity contribution in [3.05, 3.63) is 90.8 Å². The van der Waals surface area contributed by atoms with Crippen molar-refractivity contribution in [2.75, 3.05) is 11.9 Å². The number of alkyl halides is 3. The molecular formula is C40H43F3N8O6. The number of anilines is 1. The third kappa shape index (κ3) is 11.3. The fourth-order valence-corrected chi connectivity index (χ4v) is 6.62. The minimum atomic E-state index is -5.08. The summed E-state index contributed by atoms with van der Waals surface area (Å²) in [4.78, 5) is 54.1. The summed E-state index contributed by atoms with van der Waals surface area (Å²) in [5.74, 6) is -2.89. The third-order valence-electron chi connectivity index (χ3n) is 9.70. The summed E-state index contributed by atoms with van der Waals surface area (Å²) in [7, 11) is 0. The van der Waals surface area contributed by atoms with Crippen LogP contribution in [0.3, 0.4) is 0 Å². The van der Waals surface area contributed by atoms with E-state index in [1.54, 1.807) is 24.3 Å². The highest BCUT2D eigenvalue weighted by atomic mass is 19.4. The molecule has 300 valence electrons. The van der Waals surface area contributed by atoms with Crippen LogP contribution < -0.4 is 10.6 Å². The molecule has 6 rings (SSSR count). The van der Waals surface area contributed by atoms with Gasteiger partial charge in [0.05, 0.1) is 0 Å². The van der Waals surface area contributed by atoms with Gasteiger partial charge in [-0.3, -0.25) is 14.6 Å². The SMILES string of the molecule is CC(C)(C)N(CC1CCC(C(=O)N[C@@H](Cc2ccc(-c3cncc4ccccc34)cc2)C(=O)Nc2ccc(-c3nn[nH]n3)cc2)CC1)C(=O)O.O=C(O)C(F)(F)F. The van der Waals surface area contributed by atoms with Gasteiger partial charge in [0.25, 0.3) is 0 Å². The monoisotopic (exact) mass is 788 g/mol. The summed E-state index contributed by atoms with van der Waals surface area (Å²) in [5, 5.41) is 39.1.